The quantitative estimate of drug-likeness (QED) is 0.886. The Morgan fingerprint density at radius 2 is 2.00 bits per heavy atom. The van der Waals surface area contributed by atoms with Gasteiger partial charge in [-0.3, -0.25) is 9.20 Å². The maximum absolute atomic E-state index is 12.6. The molecule has 0 spiro atoms. The summed E-state index contributed by atoms with van der Waals surface area (Å²) in [5, 5.41) is 11.9. The lowest BCUT2D eigenvalue weighted by Gasteiger charge is -2.16. The van der Waals surface area contributed by atoms with Crippen LogP contribution in [0, 0.1) is 19.8 Å². The predicted molar refractivity (Wildman–Crippen MR) is 83.0 cm³/mol. The van der Waals surface area contributed by atoms with Gasteiger partial charge in [0.15, 0.2) is 0 Å². The summed E-state index contributed by atoms with van der Waals surface area (Å²) in [7, 11) is 0. The summed E-state index contributed by atoms with van der Waals surface area (Å²) < 4.78 is 1.75. The highest BCUT2D eigenvalue weighted by Gasteiger charge is 2.25. The lowest BCUT2D eigenvalue weighted by Crippen LogP contribution is -2.42. The molecule has 2 aromatic heterocycles. The van der Waals surface area contributed by atoms with Crippen LogP contribution < -0.4 is 5.32 Å². The summed E-state index contributed by atoms with van der Waals surface area (Å²) in [6.45, 7) is 7.48. The zero-order valence-corrected chi connectivity index (χ0v) is 13.3. The number of aromatic nitrogens is 2. The summed E-state index contributed by atoms with van der Waals surface area (Å²) >= 11 is 0. The van der Waals surface area contributed by atoms with Crippen molar-refractivity contribution in [2.45, 2.75) is 40.2 Å². The molecular formula is C16H21N3O3. The number of carbonyl (C=O) groups excluding carboxylic acids is 1. The van der Waals surface area contributed by atoms with Crippen LogP contribution in [0.2, 0.25) is 0 Å². The third-order valence-electron chi connectivity index (χ3n) is 3.54. The molecule has 2 rings (SSSR count). The van der Waals surface area contributed by atoms with Gasteiger partial charge in [0.05, 0.1) is 5.69 Å². The summed E-state index contributed by atoms with van der Waals surface area (Å²) in [6.07, 6.45) is 0.385. The number of aryl methyl sites for hydroxylation is 2. The fraction of sp³-hybridized carbons (Fsp3) is 0.438. The maximum Gasteiger partial charge on any atom is 0.326 e. The van der Waals surface area contributed by atoms with Crippen LogP contribution in [0.5, 0.6) is 0 Å². The topological polar surface area (TPSA) is 83.7 Å². The third kappa shape index (κ3) is 3.10. The smallest absolute Gasteiger partial charge is 0.326 e. The zero-order valence-electron chi connectivity index (χ0n) is 13.3. The van der Waals surface area contributed by atoms with E-state index in [0.29, 0.717) is 23.5 Å². The maximum atomic E-state index is 12.6. The van der Waals surface area contributed by atoms with Crippen molar-refractivity contribution in [3.8, 4) is 0 Å². The van der Waals surface area contributed by atoms with E-state index in [2.05, 4.69) is 10.3 Å². The van der Waals surface area contributed by atoms with E-state index >= 15 is 0 Å². The van der Waals surface area contributed by atoms with Gasteiger partial charge in [-0.1, -0.05) is 19.9 Å². The number of pyridine rings is 1. The van der Waals surface area contributed by atoms with Crippen LogP contribution in [0.25, 0.3) is 5.65 Å². The van der Waals surface area contributed by atoms with Crippen LogP contribution in [-0.4, -0.2) is 32.4 Å². The van der Waals surface area contributed by atoms with Gasteiger partial charge in [-0.25, -0.2) is 9.78 Å². The van der Waals surface area contributed by atoms with Gasteiger partial charge in [0.25, 0.3) is 5.91 Å². The van der Waals surface area contributed by atoms with Crippen molar-refractivity contribution in [3.63, 3.8) is 0 Å². The van der Waals surface area contributed by atoms with E-state index in [1.54, 1.807) is 11.3 Å². The fourth-order valence-corrected chi connectivity index (χ4v) is 2.55. The number of nitrogens with zero attached hydrogens (tertiary/aromatic N) is 2. The zero-order chi connectivity index (χ0) is 16.4. The van der Waals surface area contributed by atoms with Crippen molar-refractivity contribution in [2.75, 3.05) is 0 Å². The number of carbonyl (C=O) groups is 2. The number of carboxylic acids is 1. The minimum Gasteiger partial charge on any atom is -0.480 e. The molecule has 1 unspecified atom stereocenters. The van der Waals surface area contributed by atoms with E-state index in [-0.39, 0.29) is 5.92 Å². The molecule has 0 aliphatic carbocycles. The van der Waals surface area contributed by atoms with Gasteiger partial charge in [0.2, 0.25) is 0 Å². The Balaban J connectivity index is 2.37. The largest absolute Gasteiger partial charge is 0.480 e. The molecule has 0 aromatic carbocycles. The van der Waals surface area contributed by atoms with Gasteiger partial charge in [-0.05, 0) is 38.3 Å². The molecule has 0 radical (unpaired) electrons. The molecule has 2 aromatic rings. The van der Waals surface area contributed by atoms with E-state index in [0.717, 1.165) is 5.69 Å². The molecule has 6 nitrogen and oxygen atoms in total. The second-order valence-corrected chi connectivity index (χ2v) is 5.90. The molecule has 118 valence electrons. The molecule has 0 bridgehead atoms. The highest BCUT2D eigenvalue weighted by atomic mass is 16.4. The van der Waals surface area contributed by atoms with Crippen molar-refractivity contribution in [1.29, 1.82) is 0 Å². The van der Waals surface area contributed by atoms with Crippen molar-refractivity contribution in [2.24, 2.45) is 5.92 Å². The first kappa shape index (κ1) is 16.0. The Bertz CT molecular complexity index is 719. The standard InChI is InChI=1S/C16H21N3O3/c1-9(2)8-12(16(21)22)18-15(20)14-11(4)17-13-7-5-6-10(3)19(13)14/h5-7,9,12H,8H2,1-4H3,(H,18,20)(H,21,22). The first-order chi connectivity index (χ1) is 10.3. The molecule has 2 N–H and O–H groups in total. The molecule has 22 heavy (non-hydrogen) atoms. The Kier molecular flexibility index (Phi) is 4.49. The van der Waals surface area contributed by atoms with Crippen LogP contribution in [0.3, 0.4) is 0 Å². The first-order valence-electron chi connectivity index (χ1n) is 7.29. The molecule has 1 amide bonds. The highest BCUT2D eigenvalue weighted by molar-refractivity contribution is 5.97. The van der Waals surface area contributed by atoms with Gasteiger partial charge in [-0.2, -0.15) is 0 Å². The number of rotatable bonds is 5. The number of hydrogen-bond donors (Lipinski definition) is 2. The minimum atomic E-state index is -1.02. The van der Waals surface area contributed by atoms with Crippen molar-refractivity contribution in [1.82, 2.24) is 14.7 Å². The molecule has 6 heteroatoms. The van der Waals surface area contributed by atoms with Gasteiger partial charge >= 0.3 is 5.97 Å². The molecule has 0 aliphatic rings. The summed E-state index contributed by atoms with van der Waals surface area (Å²) in [5.41, 5.74) is 2.53. The SMILES string of the molecule is Cc1nc2cccc(C)n2c1C(=O)NC(CC(C)C)C(=O)O. The average Bonchev–Trinajstić information content (AvgIpc) is 2.74. The Morgan fingerprint density at radius 1 is 1.32 bits per heavy atom. The second-order valence-electron chi connectivity index (χ2n) is 5.90. The first-order valence-corrected chi connectivity index (χ1v) is 7.29. The number of carboxylic acid groups (broad SMARTS) is 1. The van der Waals surface area contributed by atoms with E-state index < -0.39 is 17.9 Å². The Morgan fingerprint density at radius 3 is 2.59 bits per heavy atom. The molecule has 0 fully saturated rings. The van der Waals surface area contributed by atoms with E-state index in [4.69, 9.17) is 0 Å². The normalized spacial score (nSPS) is 12.6. The van der Waals surface area contributed by atoms with E-state index in [9.17, 15) is 14.7 Å². The summed E-state index contributed by atoms with van der Waals surface area (Å²) in [6, 6.07) is 4.67. The molecule has 0 saturated carbocycles. The average molecular weight is 303 g/mol. The number of nitrogens with one attached hydrogen (secondary N) is 1. The van der Waals surface area contributed by atoms with Gasteiger partial charge in [-0.15, -0.1) is 0 Å². The second kappa shape index (κ2) is 6.17. The van der Waals surface area contributed by atoms with Crippen LogP contribution in [0.4, 0.5) is 0 Å². The Labute approximate surface area is 129 Å². The predicted octanol–water partition coefficient (Wildman–Crippen LogP) is 2.18. The number of aliphatic carboxylic acids is 1. The van der Waals surface area contributed by atoms with E-state index in [1.807, 2.05) is 39.0 Å². The number of fused-ring (bicyclic) bond motifs is 1. The summed E-state index contributed by atoms with van der Waals surface area (Å²) in [5.74, 6) is -1.26. The molecule has 0 saturated heterocycles. The monoisotopic (exact) mass is 303 g/mol. The fourth-order valence-electron chi connectivity index (χ4n) is 2.55. The van der Waals surface area contributed by atoms with Crippen LogP contribution in [-0.2, 0) is 4.79 Å². The molecule has 2 heterocycles. The molecular weight excluding hydrogens is 282 g/mol. The van der Waals surface area contributed by atoms with Crippen molar-refractivity contribution in [3.05, 3.63) is 35.3 Å². The van der Waals surface area contributed by atoms with E-state index in [1.165, 1.54) is 0 Å². The van der Waals surface area contributed by atoms with Crippen LogP contribution >= 0.6 is 0 Å². The van der Waals surface area contributed by atoms with Crippen LogP contribution in [0.15, 0.2) is 18.2 Å². The van der Waals surface area contributed by atoms with Gasteiger partial charge < -0.3 is 10.4 Å². The molecule has 1 atom stereocenters. The third-order valence-corrected chi connectivity index (χ3v) is 3.54. The Hall–Kier alpha value is -2.37. The lowest BCUT2D eigenvalue weighted by atomic mass is 10.0. The van der Waals surface area contributed by atoms with Gasteiger partial charge in [0, 0.05) is 5.69 Å². The van der Waals surface area contributed by atoms with Crippen molar-refractivity contribution < 1.29 is 14.7 Å². The molecule has 0 aliphatic heterocycles. The van der Waals surface area contributed by atoms with Crippen LogP contribution in [0.1, 0.15) is 42.1 Å². The minimum absolute atomic E-state index is 0.173. The number of amides is 1. The lowest BCUT2D eigenvalue weighted by molar-refractivity contribution is -0.139. The number of imidazole rings is 1. The number of hydrogen-bond acceptors (Lipinski definition) is 3. The van der Waals surface area contributed by atoms with Crippen molar-refractivity contribution >= 4 is 17.5 Å². The summed E-state index contributed by atoms with van der Waals surface area (Å²) in [4.78, 5) is 28.2. The highest BCUT2D eigenvalue weighted by Crippen LogP contribution is 2.15. The van der Waals surface area contributed by atoms with Gasteiger partial charge in [0.1, 0.15) is 17.4 Å².